The third-order valence-corrected chi connectivity index (χ3v) is 2.84. The maximum Gasteiger partial charge on any atom is 0.137 e. The fourth-order valence-electron chi connectivity index (χ4n) is 1.94. The van der Waals surface area contributed by atoms with E-state index in [9.17, 15) is 0 Å². The molecular weight excluding hydrogens is 210 g/mol. The standard InChI is InChI=1S/C14H19N3/c1-3-4-6-9-15-11-13-12(2)16-14-8-5-7-10-17(13)14/h3-5,7-8,10,15H,6,9,11H2,1-2H3/b4-3+. The van der Waals surface area contributed by atoms with Crippen molar-refractivity contribution in [2.24, 2.45) is 0 Å². The molecule has 0 aliphatic carbocycles. The molecule has 3 nitrogen and oxygen atoms in total. The van der Waals surface area contributed by atoms with Crippen LogP contribution in [0.15, 0.2) is 36.5 Å². The van der Waals surface area contributed by atoms with Crippen molar-refractivity contribution in [2.45, 2.75) is 26.8 Å². The molecule has 0 amide bonds. The summed E-state index contributed by atoms with van der Waals surface area (Å²) in [5.41, 5.74) is 3.38. The van der Waals surface area contributed by atoms with Crippen molar-refractivity contribution in [1.82, 2.24) is 14.7 Å². The average Bonchev–Trinajstić information content (AvgIpc) is 2.65. The van der Waals surface area contributed by atoms with Crippen molar-refractivity contribution in [3.8, 4) is 0 Å². The number of nitrogens with one attached hydrogen (secondary N) is 1. The van der Waals surface area contributed by atoms with Crippen molar-refractivity contribution >= 4 is 5.65 Å². The molecule has 0 aromatic carbocycles. The number of fused-ring (bicyclic) bond motifs is 1. The molecule has 0 saturated carbocycles. The van der Waals surface area contributed by atoms with Gasteiger partial charge in [-0.3, -0.25) is 0 Å². The summed E-state index contributed by atoms with van der Waals surface area (Å²) in [6.07, 6.45) is 7.40. The van der Waals surface area contributed by atoms with Gasteiger partial charge in [-0.05, 0) is 38.9 Å². The molecule has 90 valence electrons. The monoisotopic (exact) mass is 229 g/mol. The van der Waals surface area contributed by atoms with E-state index in [2.05, 4.69) is 46.9 Å². The SMILES string of the molecule is C/C=C/CCNCc1c(C)nc2ccccn12. The number of aryl methyl sites for hydroxylation is 1. The number of pyridine rings is 1. The van der Waals surface area contributed by atoms with E-state index in [1.807, 2.05) is 18.2 Å². The molecule has 0 unspecified atom stereocenters. The molecule has 2 aromatic heterocycles. The minimum atomic E-state index is 0.870. The van der Waals surface area contributed by atoms with Crippen LogP contribution in [-0.4, -0.2) is 15.9 Å². The first-order valence-electron chi connectivity index (χ1n) is 6.07. The maximum absolute atomic E-state index is 4.54. The Balaban J connectivity index is 2.05. The molecule has 0 fully saturated rings. The number of hydrogen-bond donors (Lipinski definition) is 1. The summed E-state index contributed by atoms with van der Waals surface area (Å²) in [5, 5.41) is 3.44. The van der Waals surface area contributed by atoms with Crippen LogP contribution in [0, 0.1) is 6.92 Å². The Hall–Kier alpha value is -1.61. The van der Waals surface area contributed by atoms with Crippen LogP contribution in [0.25, 0.3) is 5.65 Å². The molecule has 0 aliphatic rings. The van der Waals surface area contributed by atoms with E-state index in [0.717, 1.165) is 30.9 Å². The lowest BCUT2D eigenvalue weighted by Gasteiger charge is -2.04. The second-order valence-electron chi connectivity index (χ2n) is 4.11. The average molecular weight is 229 g/mol. The number of hydrogen-bond acceptors (Lipinski definition) is 2. The second-order valence-corrected chi connectivity index (χ2v) is 4.11. The lowest BCUT2D eigenvalue weighted by molar-refractivity contribution is 0.675. The Kier molecular flexibility index (Phi) is 3.94. The molecule has 0 aliphatic heterocycles. The van der Waals surface area contributed by atoms with Crippen molar-refractivity contribution in [1.29, 1.82) is 0 Å². The molecule has 2 heterocycles. The van der Waals surface area contributed by atoms with Gasteiger partial charge in [-0.25, -0.2) is 4.98 Å². The first-order chi connectivity index (χ1) is 8.33. The summed E-state index contributed by atoms with van der Waals surface area (Å²) in [4.78, 5) is 4.54. The fourth-order valence-corrected chi connectivity index (χ4v) is 1.94. The maximum atomic E-state index is 4.54. The van der Waals surface area contributed by atoms with Gasteiger partial charge in [0.1, 0.15) is 5.65 Å². The Bertz CT molecular complexity index is 511. The third kappa shape index (κ3) is 2.74. The number of rotatable bonds is 5. The van der Waals surface area contributed by atoms with Crippen molar-refractivity contribution in [3.05, 3.63) is 47.9 Å². The molecule has 3 heteroatoms. The van der Waals surface area contributed by atoms with Crippen LogP contribution in [0.3, 0.4) is 0 Å². The second kappa shape index (κ2) is 5.64. The number of allylic oxidation sites excluding steroid dienone is 1. The highest BCUT2D eigenvalue weighted by molar-refractivity contribution is 5.42. The van der Waals surface area contributed by atoms with E-state index in [1.165, 1.54) is 5.69 Å². The van der Waals surface area contributed by atoms with Gasteiger partial charge in [0.2, 0.25) is 0 Å². The molecule has 2 rings (SSSR count). The molecule has 17 heavy (non-hydrogen) atoms. The number of nitrogens with zero attached hydrogens (tertiary/aromatic N) is 2. The Morgan fingerprint density at radius 3 is 3.12 bits per heavy atom. The Morgan fingerprint density at radius 2 is 2.29 bits per heavy atom. The van der Waals surface area contributed by atoms with Crippen LogP contribution >= 0.6 is 0 Å². The van der Waals surface area contributed by atoms with Crippen molar-refractivity contribution < 1.29 is 0 Å². The summed E-state index contributed by atoms with van der Waals surface area (Å²) in [5.74, 6) is 0. The van der Waals surface area contributed by atoms with Gasteiger partial charge >= 0.3 is 0 Å². The highest BCUT2D eigenvalue weighted by Crippen LogP contribution is 2.11. The molecule has 2 aromatic rings. The summed E-state index contributed by atoms with van der Waals surface area (Å²) >= 11 is 0. The lowest BCUT2D eigenvalue weighted by atomic mass is 10.3. The van der Waals surface area contributed by atoms with E-state index < -0.39 is 0 Å². The van der Waals surface area contributed by atoms with Gasteiger partial charge in [-0.2, -0.15) is 0 Å². The molecule has 1 N–H and O–H groups in total. The highest BCUT2D eigenvalue weighted by atomic mass is 15.0. The van der Waals surface area contributed by atoms with E-state index >= 15 is 0 Å². The van der Waals surface area contributed by atoms with Crippen LogP contribution < -0.4 is 5.32 Å². The molecular formula is C14H19N3. The summed E-state index contributed by atoms with van der Waals surface area (Å²) in [6.45, 7) is 5.99. The van der Waals surface area contributed by atoms with Crippen molar-refractivity contribution in [3.63, 3.8) is 0 Å². The van der Waals surface area contributed by atoms with E-state index in [-0.39, 0.29) is 0 Å². The van der Waals surface area contributed by atoms with Gasteiger partial charge in [0.05, 0.1) is 11.4 Å². The predicted molar refractivity (Wildman–Crippen MR) is 71.1 cm³/mol. The molecule has 0 atom stereocenters. The van der Waals surface area contributed by atoms with Gasteiger partial charge in [0.15, 0.2) is 0 Å². The zero-order valence-corrected chi connectivity index (χ0v) is 10.5. The lowest BCUT2D eigenvalue weighted by Crippen LogP contribution is -2.16. The Labute approximate surface area is 102 Å². The summed E-state index contributed by atoms with van der Waals surface area (Å²) in [6, 6.07) is 6.10. The van der Waals surface area contributed by atoms with Crippen molar-refractivity contribution in [2.75, 3.05) is 6.54 Å². The van der Waals surface area contributed by atoms with E-state index in [1.54, 1.807) is 0 Å². The molecule has 0 radical (unpaired) electrons. The normalized spacial score (nSPS) is 11.6. The minimum absolute atomic E-state index is 0.870. The Morgan fingerprint density at radius 1 is 1.41 bits per heavy atom. The van der Waals surface area contributed by atoms with E-state index in [0.29, 0.717) is 0 Å². The highest BCUT2D eigenvalue weighted by Gasteiger charge is 2.06. The van der Waals surface area contributed by atoms with Crippen LogP contribution in [0.2, 0.25) is 0 Å². The topological polar surface area (TPSA) is 29.3 Å². The minimum Gasteiger partial charge on any atom is -0.311 e. The third-order valence-electron chi connectivity index (χ3n) is 2.84. The first kappa shape index (κ1) is 11.9. The van der Waals surface area contributed by atoms with Gasteiger partial charge < -0.3 is 9.72 Å². The zero-order valence-electron chi connectivity index (χ0n) is 10.5. The smallest absolute Gasteiger partial charge is 0.137 e. The number of imidazole rings is 1. The molecule has 0 spiro atoms. The van der Waals surface area contributed by atoms with Crippen LogP contribution in [-0.2, 0) is 6.54 Å². The summed E-state index contributed by atoms with van der Waals surface area (Å²) in [7, 11) is 0. The van der Waals surface area contributed by atoms with Crippen LogP contribution in [0.1, 0.15) is 24.7 Å². The van der Waals surface area contributed by atoms with E-state index in [4.69, 9.17) is 0 Å². The van der Waals surface area contributed by atoms with Gasteiger partial charge in [0, 0.05) is 12.7 Å². The quantitative estimate of drug-likeness (QED) is 0.631. The number of aromatic nitrogens is 2. The molecule has 0 saturated heterocycles. The van der Waals surface area contributed by atoms with Gasteiger partial charge in [0.25, 0.3) is 0 Å². The van der Waals surface area contributed by atoms with Crippen LogP contribution in [0.5, 0.6) is 0 Å². The molecule has 0 bridgehead atoms. The fraction of sp³-hybridized carbons (Fsp3) is 0.357. The van der Waals surface area contributed by atoms with Gasteiger partial charge in [-0.15, -0.1) is 0 Å². The largest absolute Gasteiger partial charge is 0.311 e. The van der Waals surface area contributed by atoms with Crippen LogP contribution in [0.4, 0.5) is 0 Å². The predicted octanol–water partition coefficient (Wildman–Crippen LogP) is 2.70. The zero-order chi connectivity index (χ0) is 12.1. The first-order valence-corrected chi connectivity index (χ1v) is 6.07. The summed E-state index contributed by atoms with van der Waals surface area (Å²) < 4.78 is 2.15. The van der Waals surface area contributed by atoms with Gasteiger partial charge in [-0.1, -0.05) is 18.2 Å².